The van der Waals surface area contributed by atoms with Crippen molar-refractivity contribution in [1.82, 2.24) is 0 Å². The van der Waals surface area contributed by atoms with Gasteiger partial charge in [0.2, 0.25) is 0 Å². The summed E-state index contributed by atoms with van der Waals surface area (Å²) in [6, 6.07) is 0. The molecule has 1 N–H and O–H groups in total. The number of aliphatic hydroxyl groups excluding tert-OH is 1. The normalized spacial score (nSPS) is 22.1. The Hall–Kier alpha value is 1.02. The molecular formula is C5H10NOY-. The van der Waals surface area contributed by atoms with Crippen molar-refractivity contribution >= 4 is 0 Å². The summed E-state index contributed by atoms with van der Waals surface area (Å²) < 4.78 is 0. The Morgan fingerprint density at radius 2 is 1.75 bits per heavy atom. The van der Waals surface area contributed by atoms with Crippen LogP contribution in [0.15, 0.2) is 0 Å². The van der Waals surface area contributed by atoms with E-state index in [1.165, 1.54) is 0 Å². The monoisotopic (exact) mass is 189 g/mol. The first-order valence-corrected chi connectivity index (χ1v) is 2.71. The predicted octanol–water partition coefficient (Wildman–Crippen LogP) is 0.512. The van der Waals surface area contributed by atoms with Crippen molar-refractivity contribution in [3.05, 3.63) is 5.32 Å². The molecule has 0 atom stereocenters. The van der Waals surface area contributed by atoms with Gasteiger partial charge in [-0.1, -0.05) is 0 Å². The average molecular weight is 189 g/mol. The van der Waals surface area contributed by atoms with E-state index in [2.05, 4.69) is 5.32 Å². The van der Waals surface area contributed by atoms with Crippen LogP contribution in [0.4, 0.5) is 0 Å². The molecule has 1 saturated heterocycles. The molecule has 45 valence electrons. The smallest absolute Gasteiger partial charge is 0.0507 e. The van der Waals surface area contributed by atoms with E-state index in [1.54, 1.807) is 0 Å². The summed E-state index contributed by atoms with van der Waals surface area (Å²) in [4.78, 5) is 0. The minimum atomic E-state index is -0.0579. The molecule has 8 heavy (non-hydrogen) atoms. The standard InChI is InChI=1S/C5H10NO.Y/c7-5-1-3-6-4-2-5;/h5,7H,1-4H2;/q-1;. The van der Waals surface area contributed by atoms with E-state index in [0.29, 0.717) is 0 Å². The molecule has 0 unspecified atom stereocenters. The number of hydrogen-bond acceptors (Lipinski definition) is 1. The van der Waals surface area contributed by atoms with Crippen LogP contribution >= 0.6 is 0 Å². The Kier molecular flexibility index (Phi) is 5.48. The van der Waals surface area contributed by atoms with E-state index in [0.717, 1.165) is 25.9 Å². The summed E-state index contributed by atoms with van der Waals surface area (Å²) in [6.07, 6.45) is 1.69. The number of piperidine rings is 1. The molecule has 0 saturated carbocycles. The fraction of sp³-hybridized carbons (Fsp3) is 1.00. The van der Waals surface area contributed by atoms with E-state index < -0.39 is 0 Å². The van der Waals surface area contributed by atoms with Gasteiger partial charge in [-0.3, -0.25) is 0 Å². The average Bonchev–Trinajstić information content (AvgIpc) is 1.69. The maximum atomic E-state index is 8.85. The van der Waals surface area contributed by atoms with E-state index >= 15 is 0 Å². The zero-order chi connectivity index (χ0) is 5.11. The molecule has 3 heteroatoms. The third kappa shape index (κ3) is 3.13. The van der Waals surface area contributed by atoms with Gasteiger partial charge in [0.1, 0.15) is 0 Å². The maximum absolute atomic E-state index is 8.85. The number of hydrogen-bond donors (Lipinski definition) is 1. The fourth-order valence-corrected chi connectivity index (χ4v) is 0.737. The number of nitrogens with zero attached hydrogens (tertiary/aromatic N) is 1. The fourth-order valence-electron chi connectivity index (χ4n) is 0.737. The molecule has 0 amide bonds. The van der Waals surface area contributed by atoms with E-state index in [4.69, 9.17) is 5.11 Å². The van der Waals surface area contributed by atoms with Crippen LogP contribution in [0, 0.1) is 0 Å². The molecule has 0 aliphatic carbocycles. The zero-order valence-electron chi connectivity index (χ0n) is 4.88. The molecule has 1 rings (SSSR count). The van der Waals surface area contributed by atoms with Crippen LogP contribution in [0.2, 0.25) is 0 Å². The summed E-state index contributed by atoms with van der Waals surface area (Å²) in [7, 11) is 0. The van der Waals surface area contributed by atoms with Crippen LogP contribution in [0.3, 0.4) is 0 Å². The van der Waals surface area contributed by atoms with Crippen LogP contribution < -0.4 is 0 Å². The third-order valence-electron chi connectivity index (χ3n) is 1.24. The molecule has 1 heterocycles. The van der Waals surface area contributed by atoms with E-state index in [-0.39, 0.29) is 38.8 Å². The van der Waals surface area contributed by atoms with Gasteiger partial charge in [0.15, 0.2) is 0 Å². The summed E-state index contributed by atoms with van der Waals surface area (Å²) in [6.45, 7) is 1.72. The minimum absolute atomic E-state index is 0. The molecule has 0 bridgehead atoms. The Morgan fingerprint density at radius 1 is 1.25 bits per heavy atom. The molecular weight excluding hydrogens is 179 g/mol. The Bertz CT molecular complexity index is 54.4. The van der Waals surface area contributed by atoms with Crippen LogP contribution in [0.1, 0.15) is 12.8 Å². The Morgan fingerprint density at radius 3 is 2.00 bits per heavy atom. The summed E-state index contributed by atoms with van der Waals surface area (Å²) in [5.74, 6) is 0. The van der Waals surface area contributed by atoms with Gasteiger partial charge in [0.05, 0.1) is 6.10 Å². The van der Waals surface area contributed by atoms with E-state index in [1.807, 2.05) is 0 Å². The number of rotatable bonds is 0. The molecule has 0 spiro atoms. The van der Waals surface area contributed by atoms with Gasteiger partial charge in [-0.25, -0.2) is 0 Å². The molecule has 0 aromatic carbocycles. The van der Waals surface area contributed by atoms with Crippen molar-refractivity contribution in [2.24, 2.45) is 0 Å². The minimum Gasteiger partial charge on any atom is -0.662 e. The molecule has 0 aromatic rings. The van der Waals surface area contributed by atoms with Crippen LogP contribution in [-0.2, 0) is 32.7 Å². The van der Waals surface area contributed by atoms with Gasteiger partial charge in [0.25, 0.3) is 0 Å². The van der Waals surface area contributed by atoms with Crippen molar-refractivity contribution in [2.45, 2.75) is 18.9 Å². The first kappa shape index (κ1) is 9.02. The molecule has 0 aromatic heterocycles. The van der Waals surface area contributed by atoms with Gasteiger partial charge in [-0.2, -0.15) is 0 Å². The molecule has 1 fully saturated rings. The summed E-state index contributed by atoms with van der Waals surface area (Å²) >= 11 is 0. The molecule has 2 nitrogen and oxygen atoms in total. The van der Waals surface area contributed by atoms with Gasteiger partial charge in [-0.05, 0) is 12.8 Å². The number of aliphatic hydroxyl groups is 1. The van der Waals surface area contributed by atoms with Crippen molar-refractivity contribution < 1.29 is 37.8 Å². The second-order valence-corrected chi connectivity index (χ2v) is 1.90. The van der Waals surface area contributed by atoms with Gasteiger partial charge in [-0.15, -0.1) is 13.1 Å². The molecule has 1 radical (unpaired) electrons. The van der Waals surface area contributed by atoms with Crippen LogP contribution in [0.25, 0.3) is 5.32 Å². The first-order chi connectivity index (χ1) is 3.39. The second kappa shape index (κ2) is 4.86. The molecule has 1 aliphatic heterocycles. The van der Waals surface area contributed by atoms with Crippen LogP contribution in [-0.4, -0.2) is 24.3 Å². The second-order valence-electron chi connectivity index (χ2n) is 1.90. The van der Waals surface area contributed by atoms with Crippen molar-refractivity contribution in [3.8, 4) is 0 Å². The van der Waals surface area contributed by atoms with Crippen LogP contribution in [0.5, 0.6) is 0 Å². The van der Waals surface area contributed by atoms with Crippen molar-refractivity contribution in [1.29, 1.82) is 0 Å². The largest absolute Gasteiger partial charge is 0.662 e. The summed E-state index contributed by atoms with van der Waals surface area (Å²) in [5.41, 5.74) is 0. The first-order valence-electron chi connectivity index (χ1n) is 2.71. The van der Waals surface area contributed by atoms with Crippen molar-refractivity contribution in [3.63, 3.8) is 0 Å². The predicted molar refractivity (Wildman–Crippen MR) is 28.3 cm³/mol. The summed E-state index contributed by atoms with van der Waals surface area (Å²) in [5, 5.41) is 12.9. The zero-order valence-corrected chi connectivity index (χ0v) is 7.72. The van der Waals surface area contributed by atoms with Gasteiger partial charge in [0, 0.05) is 32.7 Å². The van der Waals surface area contributed by atoms with E-state index in [9.17, 15) is 0 Å². The van der Waals surface area contributed by atoms with Gasteiger partial charge >= 0.3 is 0 Å². The topological polar surface area (TPSA) is 34.3 Å². The maximum Gasteiger partial charge on any atom is 0.0507 e. The SMILES string of the molecule is OC1CC[N-]CC1.[Y]. The quantitative estimate of drug-likeness (QED) is 0.591. The molecule has 1 aliphatic rings. The van der Waals surface area contributed by atoms with Gasteiger partial charge < -0.3 is 10.4 Å². The third-order valence-corrected chi connectivity index (χ3v) is 1.24. The Balaban J connectivity index is 0.000000490. The van der Waals surface area contributed by atoms with Crippen molar-refractivity contribution in [2.75, 3.05) is 13.1 Å². The Labute approximate surface area is 74.9 Å².